The Morgan fingerprint density at radius 3 is 2.67 bits per heavy atom. The van der Waals surface area contributed by atoms with Crippen LogP contribution in [0.25, 0.3) is 0 Å². The lowest BCUT2D eigenvalue weighted by molar-refractivity contribution is -0.384. The highest BCUT2D eigenvalue weighted by Gasteiger charge is 2.30. The first-order valence-electron chi connectivity index (χ1n) is 5.58. The molecule has 0 radical (unpaired) electrons. The summed E-state index contributed by atoms with van der Waals surface area (Å²) in [6.45, 7) is 6.34. The van der Waals surface area contributed by atoms with Gasteiger partial charge in [0.25, 0.3) is 0 Å². The molecule has 0 fully saturated rings. The Balaban J connectivity index is 3.21. The van der Waals surface area contributed by atoms with E-state index in [-0.39, 0.29) is 11.6 Å². The number of halogens is 1. The molecule has 1 heterocycles. The minimum absolute atomic E-state index is 0.0651. The molecule has 1 aromatic rings. The summed E-state index contributed by atoms with van der Waals surface area (Å²) in [7, 11) is 0. The van der Waals surface area contributed by atoms with E-state index in [2.05, 4.69) is 26.2 Å². The van der Waals surface area contributed by atoms with Crippen molar-refractivity contribution in [2.24, 2.45) is 11.7 Å². The van der Waals surface area contributed by atoms with Crippen molar-refractivity contribution in [2.45, 2.75) is 26.3 Å². The fourth-order valence-corrected chi connectivity index (χ4v) is 1.82. The number of nitrogens with two attached hydrogens (primary N) is 1. The number of nitro groups is 1. The third-order valence-electron chi connectivity index (χ3n) is 3.19. The average molecular weight is 317 g/mol. The van der Waals surface area contributed by atoms with Crippen LogP contribution in [0.15, 0.2) is 16.9 Å². The van der Waals surface area contributed by atoms with Crippen molar-refractivity contribution in [3.05, 3.63) is 27.0 Å². The summed E-state index contributed by atoms with van der Waals surface area (Å²) < 4.78 is 0.553. The molecule has 0 aromatic carbocycles. The second kappa shape index (κ2) is 5.62. The van der Waals surface area contributed by atoms with Crippen LogP contribution < -0.4 is 11.1 Å². The Morgan fingerprint density at radius 2 is 2.22 bits per heavy atom. The normalized spacial score (nSPS) is 14.3. The molecule has 0 saturated carbocycles. The molecule has 7 heteroatoms. The van der Waals surface area contributed by atoms with Crippen molar-refractivity contribution in [1.29, 1.82) is 0 Å². The summed E-state index contributed by atoms with van der Waals surface area (Å²) in [6, 6.07) is 0. The van der Waals surface area contributed by atoms with Gasteiger partial charge in [-0.15, -0.1) is 0 Å². The Hall–Kier alpha value is -1.21. The van der Waals surface area contributed by atoms with Crippen molar-refractivity contribution in [3.8, 4) is 0 Å². The van der Waals surface area contributed by atoms with Gasteiger partial charge < -0.3 is 11.1 Å². The molecule has 0 aliphatic carbocycles. The second-order valence-corrected chi connectivity index (χ2v) is 5.53. The first-order chi connectivity index (χ1) is 8.31. The third kappa shape index (κ3) is 2.97. The number of nitrogens with one attached hydrogen (secondary N) is 1. The fourth-order valence-electron chi connectivity index (χ4n) is 1.40. The zero-order valence-corrected chi connectivity index (χ0v) is 12.2. The van der Waals surface area contributed by atoms with E-state index in [4.69, 9.17) is 5.73 Å². The first-order valence-corrected chi connectivity index (χ1v) is 6.37. The molecule has 100 valence electrons. The summed E-state index contributed by atoms with van der Waals surface area (Å²) in [4.78, 5) is 14.3. The Labute approximate surface area is 114 Å². The molecule has 0 aliphatic rings. The first kappa shape index (κ1) is 14.8. The summed E-state index contributed by atoms with van der Waals surface area (Å²) >= 11 is 3.28. The lowest BCUT2D eigenvalue weighted by Gasteiger charge is -2.34. The van der Waals surface area contributed by atoms with E-state index < -0.39 is 10.5 Å². The van der Waals surface area contributed by atoms with Crippen molar-refractivity contribution in [3.63, 3.8) is 0 Å². The Bertz CT molecular complexity index is 453. The van der Waals surface area contributed by atoms with Crippen LogP contribution in [0.5, 0.6) is 0 Å². The van der Waals surface area contributed by atoms with Crippen LogP contribution in [0, 0.1) is 16.0 Å². The molecule has 3 N–H and O–H groups in total. The maximum Gasteiger partial charge on any atom is 0.311 e. The van der Waals surface area contributed by atoms with Gasteiger partial charge in [-0.3, -0.25) is 15.1 Å². The van der Waals surface area contributed by atoms with Gasteiger partial charge in [0.15, 0.2) is 0 Å². The minimum atomic E-state index is -0.461. The van der Waals surface area contributed by atoms with Gasteiger partial charge >= 0.3 is 5.69 Å². The Kier molecular flexibility index (Phi) is 4.64. The topological polar surface area (TPSA) is 94.1 Å². The van der Waals surface area contributed by atoms with Crippen molar-refractivity contribution < 1.29 is 4.92 Å². The van der Waals surface area contributed by atoms with E-state index in [0.29, 0.717) is 16.7 Å². The van der Waals surface area contributed by atoms with E-state index in [1.165, 1.54) is 12.4 Å². The van der Waals surface area contributed by atoms with Crippen LogP contribution in [0.3, 0.4) is 0 Å². The number of hydrogen-bond donors (Lipinski definition) is 2. The summed E-state index contributed by atoms with van der Waals surface area (Å²) in [5, 5.41) is 14.2. The number of pyridine rings is 1. The number of nitrogens with zero attached hydrogens (tertiary/aromatic N) is 2. The van der Waals surface area contributed by atoms with Crippen LogP contribution in [0.4, 0.5) is 11.4 Å². The molecular formula is C11H17BrN4O2. The van der Waals surface area contributed by atoms with E-state index in [1.807, 2.05) is 20.8 Å². The van der Waals surface area contributed by atoms with Gasteiger partial charge in [0.1, 0.15) is 11.9 Å². The summed E-state index contributed by atoms with van der Waals surface area (Å²) in [5.74, 6) is 0.224. The van der Waals surface area contributed by atoms with Crippen LogP contribution in [-0.4, -0.2) is 22.0 Å². The SMILES string of the molecule is CC(C)C(C)(CN)Nc1c(Br)cncc1[N+](=O)[O-]. The maximum atomic E-state index is 11.0. The van der Waals surface area contributed by atoms with Gasteiger partial charge in [0.05, 0.1) is 9.40 Å². The molecule has 6 nitrogen and oxygen atoms in total. The van der Waals surface area contributed by atoms with Crippen LogP contribution in [-0.2, 0) is 0 Å². The van der Waals surface area contributed by atoms with Crippen LogP contribution in [0.1, 0.15) is 20.8 Å². The zero-order valence-electron chi connectivity index (χ0n) is 10.6. The van der Waals surface area contributed by atoms with E-state index in [0.717, 1.165) is 0 Å². The van der Waals surface area contributed by atoms with Gasteiger partial charge in [-0.1, -0.05) is 13.8 Å². The maximum absolute atomic E-state index is 11.0. The number of hydrogen-bond acceptors (Lipinski definition) is 5. The van der Waals surface area contributed by atoms with Crippen LogP contribution >= 0.6 is 15.9 Å². The third-order valence-corrected chi connectivity index (χ3v) is 3.79. The van der Waals surface area contributed by atoms with Gasteiger partial charge in [-0.25, -0.2) is 0 Å². The lowest BCUT2D eigenvalue weighted by Crippen LogP contribution is -2.47. The number of anilines is 1. The predicted molar refractivity (Wildman–Crippen MR) is 74.5 cm³/mol. The van der Waals surface area contributed by atoms with Crippen molar-refractivity contribution >= 4 is 27.3 Å². The smallest absolute Gasteiger partial charge is 0.311 e. The molecule has 1 atom stereocenters. The molecule has 0 spiro atoms. The van der Waals surface area contributed by atoms with Gasteiger partial charge in [0.2, 0.25) is 0 Å². The molecule has 0 amide bonds. The highest BCUT2D eigenvalue weighted by atomic mass is 79.9. The fraction of sp³-hybridized carbons (Fsp3) is 0.545. The van der Waals surface area contributed by atoms with Crippen molar-refractivity contribution in [1.82, 2.24) is 4.98 Å². The minimum Gasteiger partial charge on any atom is -0.372 e. The molecule has 0 aliphatic heterocycles. The van der Waals surface area contributed by atoms with Crippen molar-refractivity contribution in [2.75, 3.05) is 11.9 Å². The second-order valence-electron chi connectivity index (χ2n) is 4.67. The summed E-state index contributed by atoms with van der Waals surface area (Å²) in [5.41, 5.74) is 5.70. The summed E-state index contributed by atoms with van der Waals surface area (Å²) in [6.07, 6.45) is 2.75. The standard InChI is InChI=1S/C11H17BrN4O2/c1-7(2)11(3,6-13)15-10-8(12)4-14-5-9(10)16(17)18/h4-5,7H,6,13H2,1-3H3,(H,14,15). The molecule has 1 unspecified atom stereocenters. The molecule has 1 rings (SSSR count). The number of rotatable bonds is 5. The van der Waals surface area contributed by atoms with E-state index in [1.54, 1.807) is 0 Å². The Morgan fingerprint density at radius 1 is 1.61 bits per heavy atom. The zero-order chi connectivity index (χ0) is 13.9. The molecule has 18 heavy (non-hydrogen) atoms. The van der Waals surface area contributed by atoms with E-state index >= 15 is 0 Å². The highest BCUT2D eigenvalue weighted by molar-refractivity contribution is 9.10. The van der Waals surface area contributed by atoms with E-state index in [9.17, 15) is 10.1 Å². The molecule has 1 aromatic heterocycles. The molecule has 0 saturated heterocycles. The highest BCUT2D eigenvalue weighted by Crippen LogP contribution is 2.34. The van der Waals surface area contributed by atoms with Gasteiger partial charge in [0, 0.05) is 18.3 Å². The van der Waals surface area contributed by atoms with Gasteiger partial charge in [-0.2, -0.15) is 0 Å². The average Bonchev–Trinajstić information content (AvgIpc) is 2.30. The van der Waals surface area contributed by atoms with Crippen LogP contribution in [0.2, 0.25) is 0 Å². The monoisotopic (exact) mass is 316 g/mol. The van der Waals surface area contributed by atoms with Gasteiger partial charge in [-0.05, 0) is 28.8 Å². The lowest BCUT2D eigenvalue weighted by atomic mass is 9.88. The quantitative estimate of drug-likeness (QED) is 0.643. The predicted octanol–water partition coefficient (Wildman–Crippen LogP) is 2.54. The largest absolute Gasteiger partial charge is 0.372 e. The molecular weight excluding hydrogens is 300 g/mol. The number of aromatic nitrogens is 1. The molecule has 0 bridgehead atoms.